The third-order valence-electron chi connectivity index (χ3n) is 5.29. The molecule has 3 aromatic carbocycles. The average molecular weight is 535 g/mol. The Morgan fingerprint density at radius 1 is 0.943 bits per heavy atom. The van der Waals surface area contributed by atoms with Crippen molar-refractivity contribution >= 4 is 45.6 Å². The lowest BCUT2D eigenvalue weighted by Gasteiger charge is -2.28. The summed E-state index contributed by atoms with van der Waals surface area (Å²) in [6.45, 7) is -1.53. The second kappa shape index (κ2) is 8.92. The fraction of sp³-hybridized carbons (Fsp3) is 0.174. The molecule has 0 bridgehead atoms. The molecule has 4 nitrogen and oxygen atoms in total. The van der Waals surface area contributed by atoms with E-state index in [2.05, 4.69) is 5.48 Å². The molecule has 0 aromatic heterocycles. The lowest BCUT2D eigenvalue weighted by atomic mass is 9.90. The number of benzene rings is 3. The van der Waals surface area contributed by atoms with Crippen molar-refractivity contribution < 1.29 is 36.0 Å². The maximum Gasteiger partial charge on any atom is 0.428 e. The maximum atomic E-state index is 14.3. The Morgan fingerprint density at radius 3 is 2.17 bits per heavy atom. The monoisotopic (exact) mass is 534 g/mol. The van der Waals surface area contributed by atoms with E-state index in [1.807, 2.05) is 0 Å². The van der Waals surface area contributed by atoms with Crippen molar-refractivity contribution in [2.45, 2.75) is 18.0 Å². The minimum absolute atomic E-state index is 0.0266. The van der Waals surface area contributed by atoms with Crippen LogP contribution in [0.15, 0.2) is 60.7 Å². The number of carbonyl (C=O) groups excluding carboxylic acids is 1. The first-order chi connectivity index (χ1) is 16.3. The van der Waals surface area contributed by atoms with Crippen molar-refractivity contribution in [2.24, 2.45) is 0 Å². The van der Waals surface area contributed by atoms with Crippen LogP contribution in [0.25, 0.3) is 16.5 Å². The van der Waals surface area contributed by atoms with E-state index in [0.717, 1.165) is 18.2 Å². The van der Waals surface area contributed by atoms with E-state index in [4.69, 9.17) is 28.0 Å². The molecule has 0 fully saturated rings. The Kier molecular flexibility index (Phi) is 6.41. The summed E-state index contributed by atoms with van der Waals surface area (Å²) in [5, 5.41) is 2.29. The molecule has 1 aliphatic heterocycles. The van der Waals surface area contributed by atoms with Crippen LogP contribution in [0.5, 0.6) is 0 Å². The number of rotatable bonds is 4. The molecule has 0 radical (unpaired) electrons. The second-order valence-electron chi connectivity index (χ2n) is 7.66. The van der Waals surface area contributed by atoms with Crippen LogP contribution >= 0.6 is 23.2 Å². The van der Waals surface area contributed by atoms with Crippen LogP contribution in [0.3, 0.4) is 0 Å². The van der Waals surface area contributed by atoms with Crippen LogP contribution < -0.4 is 10.8 Å². The van der Waals surface area contributed by atoms with Gasteiger partial charge in [-0.3, -0.25) is 15.1 Å². The topological polar surface area (TPSA) is 50.4 Å². The number of carbonyl (C=O) groups is 1. The largest absolute Gasteiger partial charge is 0.428 e. The third kappa shape index (κ3) is 4.91. The van der Waals surface area contributed by atoms with Crippen LogP contribution in [-0.2, 0) is 10.4 Å². The van der Waals surface area contributed by atoms with Crippen molar-refractivity contribution in [3.8, 4) is 0 Å². The first-order valence-corrected chi connectivity index (χ1v) is 10.6. The minimum Gasteiger partial charge on any atom is -0.343 e. The molecule has 4 rings (SSSR count). The minimum atomic E-state index is -4.93. The number of hydrogen-bond acceptors (Lipinski definition) is 3. The number of nitrogens with one attached hydrogen (secondary N) is 2. The van der Waals surface area contributed by atoms with E-state index < -0.39 is 30.4 Å². The Labute approximate surface area is 204 Å². The van der Waals surface area contributed by atoms with Gasteiger partial charge in [0.25, 0.3) is 5.91 Å². The Bertz CT molecular complexity index is 1320. The molecule has 0 spiro atoms. The van der Waals surface area contributed by atoms with Gasteiger partial charge in [-0.1, -0.05) is 53.5 Å². The molecule has 184 valence electrons. The molecule has 0 aliphatic carbocycles. The van der Waals surface area contributed by atoms with E-state index in [0.29, 0.717) is 5.39 Å². The Hall–Kier alpha value is -2.95. The van der Waals surface area contributed by atoms with Gasteiger partial charge in [-0.2, -0.15) is 26.3 Å². The van der Waals surface area contributed by atoms with Crippen LogP contribution in [0.4, 0.5) is 26.3 Å². The van der Waals surface area contributed by atoms with E-state index in [-0.39, 0.29) is 37.8 Å². The van der Waals surface area contributed by atoms with Crippen molar-refractivity contribution in [1.82, 2.24) is 10.8 Å². The Balaban J connectivity index is 1.82. The molecule has 1 heterocycles. The fourth-order valence-corrected chi connectivity index (χ4v) is 4.28. The van der Waals surface area contributed by atoms with E-state index in [1.54, 1.807) is 17.4 Å². The highest BCUT2D eigenvalue weighted by Gasteiger charge is 2.59. The smallest absolute Gasteiger partial charge is 0.343 e. The first kappa shape index (κ1) is 25.2. The third-order valence-corrected chi connectivity index (χ3v) is 5.73. The highest BCUT2D eigenvalue weighted by molar-refractivity contribution is 6.34. The molecule has 1 atom stereocenters. The predicted octanol–water partition coefficient (Wildman–Crippen LogP) is 6.77. The zero-order chi connectivity index (χ0) is 25.6. The summed E-state index contributed by atoms with van der Waals surface area (Å²) >= 11 is 11.8. The van der Waals surface area contributed by atoms with Gasteiger partial charge in [0.05, 0.1) is 5.70 Å². The summed E-state index contributed by atoms with van der Waals surface area (Å²) in [4.78, 5) is 17.5. The number of hydrogen-bond donors (Lipinski definition) is 2. The zero-order valence-corrected chi connectivity index (χ0v) is 18.8. The van der Waals surface area contributed by atoms with Gasteiger partial charge in [-0.15, -0.1) is 0 Å². The maximum absolute atomic E-state index is 14.3. The molecule has 1 unspecified atom stereocenters. The van der Waals surface area contributed by atoms with Crippen molar-refractivity contribution in [3.63, 3.8) is 0 Å². The van der Waals surface area contributed by atoms with Gasteiger partial charge in [0.1, 0.15) is 6.54 Å². The quantitative estimate of drug-likeness (QED) is 0.363. The summed E-state index contributed by atoms with van der Waals surface area (Å²) in [6, 6.07) is 12.1. The van der Waals surface area contributed by atoms with Gasteiger partial charge < -0.3 is 5.32 Å². The summed E-state index contributed by atoms with van der Waals surface area (Å²) < 4.78 is 80.4. The molecule has 0 saturated carbocycles. The van der Waals surface area contributed by atoms with Crippen LogP contribution in [0.2, 0.25) is 10.0 Å². The highest BCUT2D eigenvalue weighted by atomic mass is 35.5. The molecular weight excluding hydrogens is 521 g/mol. The van der Waals surface area contributed by atoms with E-state index in [1.165, 1.54) is 30.3 Å². The molecular formula is C23H14Cl2F6N2O2. The summed E-state index contributed by atoms with van der Waals surface area (Å²) in [5.74, 6) is -0.979. The standard InChI is InChI=1S/C23H14Cl2F6N2O2/c24-13-7-12(8-14(25)9-13)21(23(29,30)31)10-19(33-35-21)17-5-6-18(16-4-2-1-3-15(16)17)20(34)32-11-22(26,27)28/h1-10,33H,11H2,(H,32,34). The van der Waals surface area contributed by atoms with Gasteiger partial charge in [-0.25, -0.2) is 0 Å². The number of alkyl halides is 6. The number of halogens is 8. The second-order valence-corrected chi connectivity index (χ2v) is 8.53. The van der Waals surface area contributed by atoms with Gasteiger partial charge in [-0.05, 0) is 41.1 Å². The van der Waals surface area contributed by atoms with Gasteiger partial charge in [0.2, 0.25) is 5.60 Å². The van der Waals surface area contributed by atoms with Crippen molar-refractivity contribution in [2.75, 3.05) is 6.54 Å². The van der Waals surface area contributed by atoms with Gasteiger partial charge in [0, 0.05) is 26.7 Å². The zero-order valence-electron chi connectivity index (χ0n) is 17.3. The Morgan fingerprint density at radius 2 is 1.57 bits per heavy atom. The van der Waals surface area contributed by atoms with E-state index in [9.17, 15) is 31.1 Å². The van der Waals surface area contributed by atoms with Gasteiger partial charge >= 0.3 is 12.4 Å². The van der Waals surface area contributed by atoms with Crippen LogP contribution in [0.1, 0.15) is 21.5 Å². The van der Waals surface area contributed by atoms with Crippen LogP contribution in [0, 0.1) is 0 Å². The average Bonchev–Trinajstić information content (AvgIpc) is 3.22. The molecule has 0 saturated heterocycles. The SMILES string of the molecule is O=C(NCC(F)(F)F)c1ccc(C2=CC(c3cc(Cl)cc(Cl)c3)(C(F)(F)F)ON2)c2ccccc12. The lowest BCUT2D eigenvalue weighted by molar-refractivity contribution is -0.269. The summed E-state index contributed by atoms with van der Waals surface area (Å²) in [5.41, 5.74) is -0.910. The predicted molar refractivity (Wildman–Crippen MR) is 119 cm³/mol. The molecule has 2 N–H and O–H groups in total. The molecule has 12 heteroatoms. The normalized spacial score (nSPS) is 18.3. The number of hydroxylamine groups is 1. The molecule has 35 heavy (non-hydrogen) atoms. The van der Waals surface area contributed by atoms with Crippen LogP contribution in [-0.4, -0.2) is 24.8 Å². The number of amides is 1. The molecule has 1 aliphatic rings. The van der Waals surface area contributed by atoms with Crippen molar-refractivity contribution in [3.05, 3.63) is 87.4 Å². The van der Waals surface area contributed by atoms with Crippen molar-refractivity contribution in [1.29, 1.82) is 0 Å². The summed E-state index contributed by atoms with van der Waals surface area (Å²) in [6.07, 6.45) is -8.71. The number of fused-ring (bicyclic) bond motifs is 1. The van der Waals surface area contributed by atoms with E-state index >= 15 is 0 Å². The first-order valence-electron chi connectivity index (χ1n) is 9.88. The van der Waals surface area contributed by atoms with Gasteiger partial charge in [0.15, 0.2) is 0 Å². The molecule has 1 amide bonds. The molecule has 3 aromatic rings. The highest BCUT2D eigenvalue weighted by Crippen LogP contribution is 2.48. The lowest BCUT2D eigenvalue weighted by Crippen LogP contribution is -2.42. The fourth-order valence-electron chi connectivity index (χ4n) is 3.75. The summed E-state index contributed by atoms with van der Waals surface area (Å²) in [7, 11) is 0.